The van der Waals surface area contributed by atoms with E-state index in [4.69, 9.17) is 9.47 Å². The van der Waals surface area contributed by atoms with Gasteiger partial charge in [0.15, 0.2) is 0 Å². The lowest BCUT2D eigenvalue weighted by Gasteiger charge is -2.17. The lowest BCUT2D eigenvalue weighted by Crippen LogP contribution is -2.09. The summed E-state index contributed by atoms with van der Waals surface area (Å²) >= 11 is 1.64. The summed E-state index contributed by atoms with van der Waals surface area (Å²) in [4.78, 5) is 5.91. The summed E-state index contributed by atoms with van der Waals surface area (Å²) < 4.78 is 10.6. The molecule has 0 saturated carbocycles. The normalized spacial score (nSPS) is 16.7. The fraction of sp³-hybridized carbons (Fsp3) is 0.368. The highest BCUT2D eigenvalue weighted by Crippen LogP contribution is 2.40. The zero-order valence-electron chi connectivity index (χ0n) is 14.1. The summed E-state index contributed by atoms with van der Waals surface area (Å²) in [5, 5.41) is 10.3. The molecule has 4 nitrogen and oxygen atoms in total. The van der Waals surface area contributed by atoms with Gasteiger partial charge < -0.3 is 9.47 Å². The molecule has 0 fully saturated rings. The van der Waals surface area contributed by atoms with Crippen LogP contribution in [0.3, 0.4) is 0 Å². The molecule has 0 aliphatic heterocycles. The summed E-state index contributed by atoms with van der Waals surface area (Å²) in [6.07, 6.45) is 4.95. The Morgan fingerprint density at radius 1 is 1.33 bits per heavy atom. The molecule has 1 unspecified atom stereocenters. The molecule has 1 aromatic heterocycles. The van der Waals surface area contributed by atoms with Crippen molar-refractivity contribution in [2.24, 2.45) is 10.9 Å². The maximum absolute atomic E-state index is 9.54. The third-order valence-electron chi connectivity index (χ3n) is 4.37. The standard InChI is InChI=1S/C19H20N2O2S/c1-12-4-7-15-16(10-20)19(24-18(15)8-12)21-11-13-5-6-14(22-2)9-17(13)23-3/h5-6,9,11-12H,4,7-8H2,1-3H3/b21-11+. The second-order valence-corrected chi connectivity index (χ2v) is 7.09. The molecule has 0 bridgehead atoms. The second-order valence-electron chi connectivity index (χ2n) is 6.01. The van der Waals surface area contributed by atoms with Gasteiger partial charge in [0.2, 0.25) is 0 Å². The van der Waals surface area contributed by atoms with E-state index in [0.29, 0.717) is 11.7 Å². The minimum atomic E-state index is 0.682. The smallest absolute Gasteiger partial charge is 0.134 e. The molecular formula is C19H20N2O2S. The van der Waals surface area contributed by atoms with Crippen molar-refractivity contribution >= 4 is 22.6 Å². The number of aliphatic imine (C=N–C) groups is 1. The van der Waals surface area contributed by atoms with Gasteiger partial charge in [-0.15, -0.1) is 11.3 Å². The van der Waals surface area contributed by atoms with Gasteiger partial charge in [-0.05, 0) is 42.9 Å². The number of nitriles is 1. The Bertz CT molecular complexity index is 818. The minimum absolute atomic E-state index is 0.682. The third-order valence-corrected chi connectivity index (χ3v) is 5.53. The fourth-order valence-corrected chi connectivity index (χ4v) is 4.30. The Balaban J connectivity index is 1.94. The summed E-state index contributed by atoms with van der Waals surface area (Å²) in [5.41, 5.74) is 2.81. The SMILES string of the molecule is COc1ccc(/C=N/c2sc3c(c2C#N)CCC(C)C3)c(OC)c1. The molecule has 1 aliphatic rings. The van der Waals surface area contributed by atoms with Crippen LogP contribution >= 0.6 is 11.3 Å². The van der Waals surface area contributed by atoms with E-state index in [1.807, 2.05) is 18.2 Å². The zero-order valence-corrected chi connectivity index (χ0v) is 14.9. The Hall–Kier alpha value is -2.32. The molecule has 0 N–H and O–H groups in total. The number of nitrogens with zero attached hydrogens (tertiary/aromatic N) is 2. The molecule has 1 atom stereocenters. The molecule has 0 radical (unpaired) electrons. The highest BCUT2D eigenvalue weighted by Gasteiger charge is 2.23. The molecule has 1 aromatic carbocycles. The van der Waals surface area contributed by atoms with E-state index in [2.05, 4.69) is 18.0 Å². The third kappa shape index (κ3) is 3.15. The first kappa shape index (κ1) is 16.5. The van der Waals surface area contributed by atoms with E-state index < -0.39 is 0 Å². The van der Waals surface area contributed by atoms with Crippen LogP contribution in [-0.4, -0.2) is 20.4 Å². The van der Waals surface area contributed by atoms with E-state index in [1.54, 1.807) is 31.8 Å². The van der Waals surface area contributed by atoms with Crippen molar-refractivity contribution in [3.63, 3.8) is 0 Å². The highest BCUT2D eigenvalue weighted by atomic mass is 32.1. The van der Waals surface area contributed by atoms with Crippen LogP contribution in [0.1, 0.15) is 34.9 Å². The lowest BCUT2D eigenvalue weighted by atomic mass is 9.89. The van der Waals surface area contributed by atoms with E-state index in [1.165, 1.54) is 10.4 Å². The fourth-order valence-electron chi connectivity index (χ4n) is 3.00. The van der Waals surface area contributed by atoms with Crippen molar-refractivity contribution in [1.29, 1.82) is 5.26 Å². The van der Waals surface area contributed by atoms with Crippen LogP contribution in [0.2, 0.25) is 0 Å². The summed E-state index contributed by atoms with van der Waals surface area (Å²) in [7, 11) is 3.25. The van der Waals surface area contributed by atoms with Gasteiger partial charge in [-0.2, -0.15) is 5.26 Å². The molecule has 124 valence electrons. The lowest BCUT2D eigenvalue weighted by molar-refractivity contribution is 0.394. The number of rotatable bonds is 4. The molecule has 2 aromatic rings. The first-order valence-corrected chi connectivity index (χ1v) is 8.78. The molecule has 0 spiro atoms. The van der Waals surface area contributed by atoms with E-state index in [9.17, 15) is 5.26 Å². The molecule has 1 aliphatic carbocycles. The maximum atomic E-state index is 9.54. The van der Waals surface area contributed by atoms with Gasteiger partial charge in [0.05, 0.1) is 19.8 Å². The van der Waals surface area contributed by atoms with Crippen LogP contribution in [0.5, 0.6) is 11.5 Å². The number of benzene rings is 1. The molecule has 0 amide bonds. The zero-order chi connectivity index (χ0) is 17.1. The number of thiophene rings is 1. The second kappa shape index (κ2) is 7.06. The summed E-state index contributed by atoms with van der Waals surface area (Å²) in [6.45, 7) is 2.26. The number of fused-ring (bicyclic) bond motifs is 1. The van der Waals surface area contributed by atoms with Gasteiger partial charge in [-0.1, -0.05) is 6.92 Å². The van der Waals surface area contributed by atoms with Gasteiger partial charge >= 0.3 is 0 Å². The first-order chi connectivity index (χ1) is 11.7. The predicted molar refractivity (Wildman–Crippen MR) is 97.0 cm³/mol. The molecule has 3 rings (SSSR count). The Morgan fingerprint density at radius 2 is 2.17 bits per heavy atom. The van der Waals surface area contributed by atoms with Crippen molar-refractivity contribution in [3.05, 3.63) is 39.8 Å². The average molecular weight is 340 g/mol. The van der Waals surface area contributed by atoms with Crippen LogP contribution in [0.25, 0.3) is 0 Å². The van der Waals surface area contributed by atoms with E-state index in [0.717, 1.165) is 41.1 Å². The quantitative estimate of drug-likeness (QED) is 0.769. The van der Waals surface area contributed by atoms with Crippen molar-refractivity contribution in [2.45, 2.75) is 26.2 Å². The van der Waals surface area contributed by atoms with Gasteiger partial charge in [-0.25, -0.2) is 4.99 Å². The molecule has 0 saturated heterocycles. The number of hydrogen-bond donors (Lipinski definition) is 0. The van der Waals surface area contributed by atoms with Gasteiger partial charge in [0, 0.05) is 22.7 Å². The number of hydrogen-bond acceptors (Lipinski definition) is 5. The van der Waals surface area contributed by atoms with Crippen LogP contribution < -0.4 is 9.47 Å². The topological polar surface area (TPSA) is 54.6 Å². The molecule has 5 heteroatoms. The molecule has 1 heterocycles. The van der Waals surface area contributed by atoms with Crippen LogP contribution in [-0.2, 0) is 12.8 Å². The monoisotopic (exact) mass is 340 g/mol. The first-order valence-electron chi connectivity index (χ1n) is 7.97. The number of ether oxygens (including phenoxy) is 2. The Labute approximate surface area is 146 Å². The van der Waals surface area contributed by atoms with Crippen molar-refractivity contribution < 1.29 is 9.47 Å². The Morgan fingerprint density at radius 3 is 2.88 bits per heavy atom. The van der Waals surface area contributed by atoms with Gasteiger partial charge in [0.25, 0.3) is 0 Å². The molecule has 24 heavy (non-hydrogen) atoms. The summed E-state index contributed by atoms with van der Waals surface area (Å²) in [5.74, 6) is 2.12. The van der Waals surface area contributed by atoms with Gasteiger partial charge in [-0.3, -0.25) is 0 Å². The van der Waals surface area contributed by atoms with E-state index >= 15 is 0 Å². The largest absolute Gasteiger partial charge is 0.497 e. The van der Waals surface area contributed by atoms with Crippen LogP contribution in [0.15, 0.2) is 23.2 Å². The van der Waals surface area contributed by atoms with Crippen LogP contribution in [0.4, 0.5) is 5.00 Å². The average Bonchev–Trinajstić information content (AvgIpc) is 2.96. The minimum Gasteiger partial charge on any atom is -0.497 e. The Kier molecular flexibility index (Phi) is 4.86. The van der Waals surface area contributed by atoms with Crippen molar-refractivity contribution in [2.75, 3.05) is 14.2 Å². The highest BCUT2D eigenvalue weighted by molar-refractivity contribution is 7.16. The van der Waals surface area contributed by atoms with E-state index in [-0.39, 0.29) is 0 Å². The summed E-state index contributed by atoms with van der Waals surface area (Å²) in [6, 6.07) is 7.95. The number of methoxy groups -OCH3 is 2. The van der Waals surface area contributed by atoms with Crippen molar-refractivity contribution in [3.8, 4) is 17.6 Å². The van der Waals surface area contributed by atoms with Gasteiger partial charge in [0.1, 0.15) is 22.6 Å². The van der Waals surface area contributed by atoms with Crippen LogP contribution in [0, 0.1) is 17.2 Å². The van der Waals surface area contributed by atoms with Crippen molar-refractivity contribution in [1.82, 2.24) is 0 Å². The molecular weight excluding hydrogens is 320 g/mol. The predicted octanol–water partition coefficient (Wildman–Crippen LogP) is 4.51. The maximum Gasteiger partial charge on any atom is 0.134 e.